The molecule has 0 radical (unpaired) electrons. The molecule has 336 valence electrons. The minimum atomic E-state index is -4.66. The smallest absolute Gasteiger partial charge is 0.306 e. The third kappa shape index (κ3) is 36.7. The van der Waals surface area contributed by atoms with Gasteiger partial charge in [-0.15, -0.1) is 0 Å². The average Bonchev–Trinajstić information content (AvgIpc) is 3.94. The minimum Gasteiger partial charge on any atom is -0.756 e. The van der Waals surface area contributed by atoms with E-state index in [0.717, 1.165) is 83.5 Å². The molecular formula is C48H80NO9P. The maximum Gasteiger partial charge on any atom is 0.306 e. The number of phosphoric ester groups is 1. The van der Waals surface area contributed by atoms with Crippen LogP contribution in [0, 0.1) is 0 Å². The fourth-order valence-corrected chi connectivity index (χ4v) is 6.46. The van der Waals surface area contributed by atoms with E-state index in [1.807, 2.05) is 21.1 Å². The summed E-state index contributed by atoms with van der Waals surface area (Å²) in [6.45, 7) is 3.94. The van der Waals surface area contributed by atoms with Gasteiger partial charge in [-0.25, -0.2) is 0 Å². The number of epoxide rings is 1. The second-order valence-corrected chi connectivity index (χ2v) is 17.5. The Hall–Kier alpha value is -2.85. The molecule has 0 aromatic rings. The van der Waals surface area contributed by atoms with E-state index in [0.29, 0.717) is 23.9 Å². The van der Waals surface area contributed by atoms with E-state index in [9.17, 15) is 19.0 Å². The number of nitrogens with zero attached hydrogens (tertiary/aromatic N) is 1. The molecule has 0 aliphatic carbocycles. The Kier molecular flexibility index (Phi) is 32.9. The summed E-state index contributed by atoms with van der Waals surface area (Å²) in [5.41, 5.74) is 0. The summed E-state index contributed by atoms with van der Waals surface area (Å²) in [4.78, 5) is 37.7. The number of esters is 2. The van der Waals surface area contributed by atoms with Gasteiger partial charge in [0.05, 0.1) is 40.0 Å². The molecule has 0 saturated carbocycles. The van der Waals surface area contributed by atoms with Gasteiger partial charge in [0.25, 0.3) is 7.82 Å². The number of carbonyl (C=O) groups is 2. The van der Waals surface area contributed by atoms with Crippen LogP contribution in [0.5, 0.6) is 0 Å². The summed E-state index contributed by atoms with van der Waals surface area (Å²) >= 11 is 0. The molecule has 1 aliphatic heterocycles. The molecule has 10 nitrogen and oxygen atoms in total. The standard InChI is InChI=1S/C48H80NO9P/c1-6-8-10-12-14-16-18-20-21-22-23-24-26-28-30-32-34-38-48(51)57-44(43-56-59(52,53)55-41-40-49(3,4)5)42-54-47(50)39-35-37-46-45(58-46)36-33-31-29-27-25-19-17-15-13-11-9-7-2/h8,10,14-17,20-21,23-25,27,31,33,44-46H,6-7,9,11-13,18-19,22,26,28-30,32,34-43H2,1-5H3/b10-8-,16-14-,17-15-,21-20-,24-23-,27-25-,33-31-/t44-,45?,46?/m1/s1. The maximum absolute atomic E-state index is 12.7. The topological polar surface area (TPSA) is 124 Å². The summed E-state index contributed by atoms with van der Waals surface area (Å²) in [7, 11) is 1.09. The van der Waals surface area contributed by atoms with Gasteiger partial charge in [0.1, 0.15) is 19.8 Å². The summed E-state index contributed by atoms with van der Waals surface area (Å²) in [6, 6.07) is 0. The third-order valence-electron chi connectivity index (χ3n) is 9.32. The molecule has 0 bridgehead atoms. The van der Waals surface area contributed by atoms with Crippen molar-refractivity contribution in [1.82, 2.24) is 0 Å². The van der Waals surface area contributed by atoms with Gasteiger partial charge in [0.2, 0.25) is 0 Å². The first-order chi connectivity index (χ1) is 28.5. The van der Waals surface area contributed by atoms with Gasteiger partial charge in [-0.1, -0.05) is 125 Å². The van der Waals surface area contributed by atoms with Crippen molar-refractivity contribution in [3.8, 4) is 0 Å². The summed E-state index contributed by atoms with van der Waals surface area (Å²) in [6.07, 6.45) is 47.7. The van der Waals surface area contributed by atoms with Crippen molar-refractivity contribution >= 4 is 19.8 Å². The van der Waals surface area contributed by atoms with Gasteiger partial charge in [0, 0.05) is 12.8 Å². The van der Waals surface area contributed by atoms with Crippen molar-refractivity contribution in [3.63, 3.8) is 0 Å². The van der Waals surface area contributed by atoms with E-state index in [4.69, 9.17) is 23.3 Å². The van der Waals surface area contributed by atoms with Crippen LogP contribution in [0.4, 0.5) is 0 Å². The van der Waals surface area contributed by atoms with Crippen molar-refractivity contribution < 1.29 is 46.8 Å². The van der Waals surface area contributed by atoms with Crippen LogP contribution in [0.1, 0.15) is 142 Å². The lowest BCUT2D eigenvalue weighted by Crippen LogP contribution is -2.37. The van der Waals surface area contributed by atoms with Crippen molar-refractivity contribution in [2.45, 2.75) is 161 Å². The Morgan fingerprint density at radius 3 is 1.78 bits per heavy atom. The second-order valence-electron chi connectivity index (χ2n) is 16.1. The molecule has 0 spiro atoms. The van der Waals surface area contributed by atoms with Gasteiger partial charge in [0.15, 0.2) is 6.10 Å². The molecule has 59 heavy (non-hydrogen) atoms. The highest BCUT2D eigenvalue weighted by molar-refractivity contribution is 7.45. The van der Waals surface area contributed by atoms with E-state index in [2.05, 4.69) is 98.9 Å². The molecule has 1 saturated heterocycles. The SMILES string of the molecule is CC/C=C\C/C=C\C/C=C\C/C=C\CCCCCCC(=O)O[C@H](COC(=O)CCCC1OC1C/C=C\C/C=C\C/C=C\CCCCC)COP(=O)([O-])OCC[N+](C)(C)C. The molecule has 4 atom stereocenters. The zero-order valence-electron chi connectivity index (χ0n) is 37.4. The number of carbonyl (C=O) groups excluding carboxylic acids is 2. The van der Waals surface area contributed by atoms with Gasteiger partial charge in [-0.05, 0) is 89.9 Å². The number of phosphoric acid groups is 1. The van der Waals surface area contributed by atoms with Crippen molar-refractivity contribution in [2.75, 3.05) is 47.5 Å². The Morgan fingerprint density at radius 2 is 1.19 bits per heavy atom. The van der Waals surface area contributed by atoms with Crippen molar-refractivity contribution in [3.05, 3.63) is 85.1 Å². The number of ether oxygens (including phenoxy) is 3. The van der Waals surface area contributed by atoms with E-state index in [-0.39, 0.29) is 38.3 Å². The second kappa shape index (κ2) is 35.9. The zero-order chi connectivity index (χ0) is 43.3. The van der Waals surface area contributed by atoms with Gasteiger partial charge in [-0.2, -0.15) is 0 Å². The first-order valence-corrected chi connectivity index (χ1v) is 23.9. The van der Waals surface area contributed by atoms with Crippen molar-refractivity contribution in [2.24, 2.45) is 0 Å². The minimum absolute atomic E-state index is 0.0530. The van der Waals surface area contributed by atoms with Crippen LogP contribution < -0.4 is 4.89 Å². The number of allylic oxidation sites excluding steroid dienone is 13. The fourth-order valence-electron chi connectivity index (χ4n) is 5.73. The van der Waals surface area contributed by atoms with Crippen LogP contribution in [0.15, 0.2) is 85.1 Å². The van der Waals surface area contributed by atoms with E-state index in [1.165, 1.54) is 19.3 Å². The zero-order valence-corrected chi connectivity index (χ0v) is 38.2. The summed E-state index contributed by atoms with van der Waals surface area (Å²) in [5.74, 6) is -0.948. The normalized spacial score (nSPS) is 17.8. The molecule has 3 unspecified atom stereocenters. The lowest BCUT2D eigenvalue weighted by Gasteiger charge is -2.28. The Labute approximate surface area is 358 Å². The number of hydrogen-bond donors (Lipinski definition) is 0. The lowest BCUT2D eigenvalue weighted by molar-refractivity contribution is -0.870. The van der Waals surface area contributed by atoms with Gasteiger partial charge in [-0.3, -0.25) is 14.2 Å². The number of unbranched alkanes of at least 4 members (excludes halogenated alkanes) is 7. The number of likely N-dealkylation sites (N-methyl/N-ethyl adjacent to an activating group) is 1. The molecule has 1 rings (SSSR count). The largest absolute Gasteiger partial charge is 0.756 e. The molecule has 0 aromatic heterocycles. The molecule has 0 amide bonds. The number of quaternary nitrogens is 1. The molecule has 1 heterocycles. The predicted molar refractivity (Wildman–Crippen MR) is 240 cm³/mol. The Morgan fingerprint density at radius 1 is 0.644 bits per heavy atom. The first kappa shape index (κ1) is 54.2. The average molecular weight is 846 g/mol. The highest BCUT2D eigenvalue weighted by Crippen LogP contribution is 2.38. The summed E-state index contributed by atoms with van der Waals surface area (Å²) in [5, 5.41) is 0. The molecular weight excluding hydrogens is 766 g/mol. The number of hydrogen-bond acceptors (Lipinski definition) is 9. The van der Waals surface area contributed by atoms with Gasteiger partial charge < -0.3 is 32.6 Å². The fraction of sp³-hybridized carbons (Fsp3) is 0.667. The molecule has 0 aromatic carbocycles. The van der Waals surface area contributed by atoms with E-state index in [1.54, 1.807) is 0 Å². The van der Waals surface area contributed by atoms with Crippen LogP contribution in [0.2, 0.25) is 0 Å². The van der Waals surface area contributed by atoms with Crippen LogP contribution in [0.3, 0.4) is 0 Å². The quantitative estimate of drug-likeness (QED) is 0.0149. The highest BCUT2D eigenvalue weighted by atomic mass is 31.2. The monoisotopic (exact) mass is 846 g/mol. The van der Waals surface area contributed by atoms with Crippen molar-refractivity contribution in [1.29, 1.82) is 0 Å². The molecule has 11 heteroatoms. The van der Waals surface area contributed by atoms with Crippen LogP contribution in [0.25, 0.3) is 0 Å². The van der Waals surface area contributed by atoms with Crippen LogP contribution >= 0.6 is 7.82 Å². The molecule has 1 fully saturated rings. The molecule has 0 N–H and O–H groups in total. The predicted octanol–water partition coefficient (Wildman–Crippen LogP) is 11.2. The molecule has 1 aliphatic rings. The van der Waals surface area contributed by atoms with E-state index < -0.39 is 32.5 Å². The lowest BCUT2D eigenvalue weighted by atomic mass is 10.1. The Balaban J connectivity index is 2.36. The van der Waals surface area contributed by atoms with Crippen LogP contribution in [-0.4, -0.2) is 82.2 Å². The highest BCUT2D eigenvalue weighted by Gasteiger charge is 2.36. The first-order valence-electron chi connectivity index (χ1n) is 22.4. The van der Waals surface area contributed by atoms with Gasteiger partial charge >= 0.3 is 11.9 Å². The third-order valence-corrected chi connectivity index (χ3v) is 10.3. The Bertz CT molecular complexity index is 1340. The van der Waals surface area contributed by atoms with Crippen LogP contribution in [-0.2, 0) is 37.4 Å². The number of rotatable bonds is 38. The van der Waals surface area contributed by atoms with E-state index >= 15 is 0 Å². The maximum atomic E-state index is 12.7. The summed E-state index contributed by atoms with van der Waals surface area (Å²) < 4.78 is 39.7.